The molecule has 1 aliphatic heterocycles. The summed E-state index contributed by atoms with van der Waals surface area (Å²) in [5, 5.41) is 2.82. The molecular weight excluding hydrogens is 316 g/mol. The first-order valence-corrected chi connectivity index (χ1v) is 9.75. The lowest BCUT2D eigenvalue weighted by Gasteiger charge is -2.21. The molecule has 23 heavy (non-hydrogen) atoms. The number of carbonyl (C=O) groups excluding carboxylic acids is 1. The van der Waals surface area contributed by atoms with Gasteiger partial charge in [-0.05, 0) is 37.8 Å². The van der Waals surface area contributed by atoms with Crippen molar-refractivity contribution in [1.82, 2.24) is 9.62 Å². The van der Waals surface area contributed by atoms with Crippen LogP contribution in [0.2, 0.25) is 0 Å². The van der Waals surface area contributed by atoms with Gasteiger partial charge in [0.15, 0.2) is 0 Å². The van der Waals surface area contributed by atoms with E-state index >= 15 is 0 Å². The van der Waals surface area contributed by atoms with Crippen LogP contribution in [0.3, 0.4) is 0 Å². The summed E-state index contributed by atoms with van der Waals surface area (Å²) in [5.74, 6) is 0.642. The van der Waals surface area contributed by atoms with Gasteiger partial charge in [-0.1, -0.05) is 18.2 Å². The topological polar surface area (TPSA) is 75.7 Å². The van der Waals surface area contributed by atoms with E-state index in [1.165, 1.54) is 4.31 Å². The number of ether oxygens (including phenoxy) is 1. The van der Waals surface area contributed by atoms with Crippen LogP contribution in [-0.2, 0) is 14.8 Å². The van der Waals surface area contributed by atoms with E-state index in [1.54, 1.807) is 0 Å². The zero-order valence-electron chi connectivity index (χ0n) is 13.4. The predicted molar refractivity (Wildman–Crippen MR) is 88.8 cm³/mol. The Kier molecular flexibility index (Phi) is 6.41. The smallest absolute Gasteiger partial charge is 0.238 e. The van der Waals surface area contributed by atoms with E-state index in [2.05, 4.69) is 5.32 Å². The van der Waals surface area contributed by atoms with Crippen molar-refractivity contribution in [2.45, 2.75) is 31.7 Å². The fourth-order valence-corrected chi connectivity index (χ4v) is 3.79. The highest BCUT2D eigenvalue weighted by Crippen LogP contribution is 2.20. The highest BCUT2D eigenvalue weighted by atomic mass is 32.2. The maximum absolute atomic E-state index is 12.1. The molecular formula is C16H24N2O4S. The van der Waals surface area contributed by atoms with Crippen molar-refractivity contribution in [3.05, 3.63) is 30.3 Å². The van der Waals surface area contributed by atoms with Crippen LogP contribution in [0.15, 0.2) is 30.3 Å². The largest absolute Gasteiger partial charge is 0.494 e. The third-order valence-electron chi connectivity index (χ3n) is 3.81. The molecule has 0 aliphatic carbocycles. The van der Waals surface area contributed by atoms with Gasteiger partial charge in [-0.25, -0.2) is 8.42 Å². The van der Waals surface area contributed by atoms with Gasteiger partial charge in [0, 0.05) is 13.1 Å². The first-order valence-electron chi connectivity index (χ1n) is 7.91. The van der Waals surface area contributed by atoms with E-state index in [0.717, 1.165) is 31.3 Å². The standard InChI is InChI=1S/C16H24N2O4S/c1-23(20,21)18-12-7-10-15(18)16(19)17-11-5-6-13-22-14-8-3-2-4-9-14/h2-4,8-9,15H,5-7,10-13H2,1H3,(H,17,19)/t15-/m1/s1. The Morgan fingerprint density at radius 1 is 1.30 bits per heavy atom. The Bertz CT molecular complexity index is 604. The highest BCUT2D eigenvalue weighted by molar-refractivity contribution is 7.88. The Balaban J connectivity index is 1.63. The molecule has 0 unspecified atom stereocenters. The quantitative estimate of drug-likeness (QED) is 0.726. The zero-order valence-corrected chi connectivity index (χ0v) is 14.2. The Morgan fingerprint density at radius 3 is 2.74 bits per heavy atom. The van der Waals surface area contributed by atoms with Crippen molar-refractivity contribution in [1.29, 1.82) is 0 Å². The molecule has 1 aliphatic rings. The first kappa shape index (κ1) is 17.7. The molecule has 1 atom stereocenters. The van der Waals surface area contributed by atoms with Crippen LogP contribution in [0.5, 0.6) is 5.75 Å². The second-order valence-electron chi connectivity index (χ2n) is 5.69. The van der Waals surface area contributed by atoms with Gasteiger partial charge in [-0.15, -0.1) is 0 Å². The van der Waals surface area contributed by atoms with Gasteiger partial charge in [0.25, 0.3) is 0 Å². The summed E-state index contributed by atoms with van der Waals surface area (Å²) < 4.78 is 30.1. The van der Waals surface area contributed by atoms with Gasteiger partial charge >= 0.3 is 0 Å². The van der Waals surface area contributed by atoms with Crippen molar-refractivity contribution < 1.29 is 17.9 Å². The molecule has 6 nitrogen and oxygen atoms in total. The van der Waals surface area contributed by atoms with Crippen molar-refractivity contribution in [3.8, 4) is 5.75 Å². The van der Waals surface area contributed by atoms with Crippen LogP contribution in [0.1, 0.15) is 25.7 Å². The number of hydrogen-bond acceptors (Lipinski definition) is 4. The number of carbonyl (C=O) groups is 1. The summed E-state index contributed by atoms with van der Waals surface area (Å²) in [4.78, 5) is 12.1. The average molecular weight is 340 g/mol. The summed E-state index contributed by atoms with van der Waals surface area (Å²) in [6, 6.07) is 9.04. The van der Waals surface area contributed by atoms with E-state index < -0.39 is 16.1 Å². The van der Waals surface area contributed by atoms with E-state index in [9.17, 15) is 13.2 Å². The molecule has 1 aromatic rings. The normalized spacial score (nSPS) is 18.7. The average Bonchev–Trinajstić information content (AvgIpc) is 3.01. The third-order valence-corrected chi connectivity index (χ3v) is 5.10. The summed E-state index contributed by atoms with van der Waals surface area (Å²) in [6.45, 7) is 1.56. The van der Waals surface area contributed by atoms with Crippen LogP contribution in [-0.4, -0.2) is 50.6 Å². The van der Waals surface area contributed by atoms with E-state index in [1.807, 2.05) is 30.3 Å². The molecule has 1 saturated heterocycles. The van der Waals surface area contributed by atoms with E-state index in [0.29, 0.717) is 26.1 Å². The fourth-order valence-electron chi connectivity index (χ4n) is 2.66. The lowest BCUT2D eigenvalue weighted by atomic mass is 10.2. The van der Waals surface area contributed by atoms with Gasteiger partial charge in [0.1, 0.15) is 11.8 Å². The molecule has 1 N–H and O–H groups in total. The summed E-state index contributed by atoms with van der Waals surface area (Å²) >= 11 is 0. The Morgan fingerprint density at radius 2 is 2.04 bits per heavy atom. The van der Waals surface area contributed by atoms with Gasteiger partial charge in [0.05, 0.1) is 12.9 Å². The predicted octanol–water partition coefficient (Wildman–Crippen LogP) is 1.39. The molecule has 2 rings (SSSR count). The van der Waals surface area contributed by atoms with Gasteiger partial charge in [0.2, 0.25) is 15.9 Å². The van der Waals surface area contributed by atoms with Crippen LogP contribution >= 0.6 is 0 Å². The number of sulfonamides is 1. The van der Waals surface area contributed by atoms with Crippen molar-refractivity contribution in [2.75, 3.05) is 26.0 Å². The van der Waals surface area contributed by atoms with Crippen LogP contribution in [0, 0.1) is 0 Å². The van der Waals surface area contributed by atoms with Crippen molar-refractivity contribution in [3.63, 3.8) is 0 Å². The van der Waals surface area contributed by atoms with Crippen LogP contribution in [0.25, 0.3) is 0 Å². The minimum Gasteiger partial charge on any atom is -0.494 e. The van der Waals surface area contributed by atoms with Crippen LogP contribution in [0.4, 0.5) is 0 Å². The second kappa shape index (κ2) is 8.31. The number of unbranched alkanes of at least 4 members (excludes halogenated alkanes) is 1. The molecule has 0 bridgehead atoms. The maximum Gasteiger partial charge on any atom is 0.238 e. The SMILES string of the molecule is CS(=O)(=O)N1CCC[C@@H]1C(=O)NCCCCOc1ccccc1. The molecule has 0 spiro atoms. The van der Waals surface area contributed by atoms with E-state index in [-0.39, 0.29) is 5.91 Å². The molecule has 0 saturated carbocycles. The molecule has 1 fully saturated rings. The second-order valence-corrected chi connectivity index (χ2v) is 7.63. The van der Waals surface area contributed by atoms with Crippen LogP contribution < -0.4 is 10.1 Å². The monoisotopic (exact) mass is 340 g/mol. The van der Waals surface area contributed by atoms with Gasteiger partial charge in [-0.3, -0.25) is 4.79 Å². The number of rotatable bonds is 8. The maximum atomic E-state index is 12.1. The fraction of sp³-hybridized carbons (Fsp3) is 0.562. The van der Waals surface area contributed by atoms with E-state index in [4.69, 9.17) is 4.74 Å². The minimum absolute atomic E-state index is 0.197. The number of hydrogen-bond donors (Lipinski definition) is 1. The minimum atomic E-state index is -3.31. The Hall–Kier alpha value is -1.60. The molecule has 7 heteroatoms. The summed E-state index contributed by atoms with van der Waals surface area (Å²) in [5.41, 5.74) is 0. The molecule has 1 aromatic carbocycles. The molecule has 0 aromatic heterocycles. The third kappa shape index (κ3) is 5.51. The lowest BCUT2D eigenvalue weighted by Crippen LogP contribution is -2.45. The molecule has 0 radical (unpaired) electrons. The van der Waals surface area contributed by atoms with Gasteiger partial charge in [-0.2, -0.15) is 4.31 Å². The number of benzene rings is 1. The summed E-state index contributed by atoms with van der Waals surface area (Å²) in [7, 11) is -3.31. The summed E-state index contributed by atoms with van der Waals surface area (Å²) in [6.07, 6.45) is 4.10. The molecule has 1 amide bonds. The lowest BCUT2D eigenvalue weighted by molar-refractivity contribution is -0.124. The first-order chi connectivity index (χ1) is 11.0. The van der Waals surface area contributed by atoms with Crippen molar-refractivity contribution in [2.24, 2.45) is 0 Å². The zero-order chi connectivity index (χ0) is 16.7. The Labute approximate surface area is 137 Å². The number of amides is 1. The number of para-hydroxylation sites is 1. The number of nitrogens with zero attached hydrogens (tertiary/aromatic N) is 1. The van der Waals surface area contributed by atoms with Crippen molar-refractivity contribution >= 4 is 15.9 Å². The highest BCUT2D eigenvalue weighted by Gasteiger charge is 2.36. The van der Waals surface area contributed by atoms with Gasteiger partial charge < -0.3 is 10.1 Å². The molecule has 128 valence electrons. The molecule has 1 heterocycles. The number of nitrogens with one attached hydrogen (secondary N) is 1.